The third kappa shape index (κ3) is 4.03. The molecule has 80 valence electrons. The highest BCUT2D eigenvalue weighted by molar-refractivity contribution is 5.44. The Morgan fingerprint density at radius 1 is 1.27 bits per heavy atom. The molecule has 0 unspecified atom stereocenters. The smallest absolute Gasteiger partial charge is 0.0684 e. The summed E-state index contributed by atoms with van der Waals surface area (Å²) in [6.07, 6.45) is 0.859. The van der Waals surface area contributed by atoms with Gasteiger partial charge in [0.25, 0.3) is 0 Å². The van der Waals surface area contributed by atoms with Crippen LogP contribution in [0.4, 0.5) is 5.69 Å². The molecule has 0 aliphatic carbocycles. The van der Waals surface area contributed by atoms with Crippen LogP contribution in [0.15, 0.2) is 24.3 Å². The van der Waals surface area contributed by atoms with Gasteiger partial charge >= 0.3 is 0 Å². The van der Waals surface area contributed by atoms with Crippen LogP contribution in [-0.2, 0) is 0 Å². The molecule has 0 amide bonds. The van der Waals surface area contributed by atoms with Gasteiger partial charge in [0, 0.05) is 12.2 Å². The molecule has 0 aromatic heterocycles. The van der Waals surface area contributed by atoms with Crippen LogP contribution in [0.2, 0.25) is 0 Å². The zero-order valence-corrected chi connectivity index (χ0v) is 9.67. The number of anilines is 1. The maximum absolute atomic E-state index is 8.85. The Morgan fingerprint density at radius 2 is 1.87 bits per heavy atom. The van der Waals surface area contributed by atoms with Crippen LogP contribution in [0.1, 0.15) is 25.8 Å². The maximum atomic E-state index is 8.85. The van der Waals surface area contributed by atoms with E-state index < -0.39 is 0 Å². The first-order valence-electron chi connectivity index (χ1n) is 5.25. The molecule has 0 saturated heterocycles. The highest BCUT2D eigenvalue weighted by Gasteiger charge is 2.15. The number of nitrogens with zero attached hydrogens (tertiary/aromatic N) is 1. The van der Waals surface area contributed by atoms with Crippen LogP contribution in [-0.4, -0.2) is 6.54 Å². The van der Waals surface area contributed by atoms with E-state index in [0.717, 1.165) is 18.7 Å². The third-order valence-corrected chi connectivity index (χ3v) is 2.43. The van der Waals surface area contributed by atoms with Gasteiger partial charge in [-0.05, 0) is 39.3 Å². The van der Waals surface area contributed by atoms with E-state index in [-0.39, 0.29) is 5.41 Å². The van der Waals surface area contributed by atoms with Crippen LogP contribution in [0, 0.1) is 23.7 Å². The van der Waals surface area contributed by atoms with Gasteiger partial charge in [-0.3, -0.25) is 0 Å². The summed E-state index contributed by atoms with van der Waals surface area (Å²) in [5, 5.41) is 12.2. The first kappa shape index (κ1) is 11.6. The van der Waals surface area contributed by atoms with Gasteiger partial charge in [0.1, 0.15) is 0 Å². The van der Waals surface area contributed by atoms with Crippen molar-refractivity contribution in [2.24, 2.45) is 5.41 Å². The molecule has 0 aliphatic rings. The van der Waals surface area contributed by atoms with Crippen molar-refractivity contribution in [2.45, 2.75) is 27.2 Å². The van der Waals surface area contributed by atoms with Crippen molar-refractivity contribution in [3.63, 3.8) is 0 Å². The average molecular weight is 202 g/mol. The second-order valence-electron chi connectivity index (χ2n) is 4.54. The summed E-state index contributed by atoms with van der Waals surface area (Å²) in [6, 6.07) is 10.6. The van der Waals surface area contributed by atoms with Crippen LogP contribution < -0.4 is 5.32 Å². The van der Waals surface area contributed by atoms with Gasteiger partial charge in [-0.15, -0.1) is 0 Å². The molecule has 0 radical (unpaired) electrons. The summed E-state index contributed by atoms with van der Waals surface area (Å²) in [5.41, 5.74) is 2.14. The first-order chi connectivity index (χ1) is 7.03. The molecule has 2 heteroatoms. The van der Waals surface area contributed by atoms with Crippen molar-refractivity contribution >= 4 is 5.69 Å². The average Bonchev–Trinajstić information content (AvgIpc) is 2.21. The van der Waals surface area contributed by atoms with Crippen molar-refractivity contribution in [2.75, 3.05) is 11.9 Å². The van der Waals surface area contributed by atoms with E-state index in [0.29, 0.717) is 0 Å². The van der Waals surface area contributed by atoms with Crippen LogP contribution in [0.3, 0.4) is 0 Å². The number of aryl methyl sites for hydroxylation is 1. The normalized spacial score (nSPS) is 10.8. The van der Waals surface area contributed by atoms with E-state index in [2.05, 4.69) is 42.6 Å². The number of benzene rings is 1. The number of nitrogens with one attached hydrogen (secondary N) is 1. The monoisotopic (exact) mass is 202 g/mol. The third-order valence-electron chi connectivity index (χ3n) is 2.43. The van der Waals surface area contributed by atoms with Gasteiger partial charge < -0.3 is 5.32 Å². The second kappa shape index (κ2) is 4.84. The predicted molar refractivity (Wildman–Crippen MR) is 63.7 cm³/mol. The lowest BCUT2D eigenvalue weighted by atomic mass is 9.91. The summed E-state index contributed by atoms with van der Waals surface area (Å²) in [7, 11) is 0. The molecule has 0 aliphatic heterocycles. The largest absolute Gasteiger partial charge is 0.385 e. The van der Waals surface area contributed by atoms with Gasteiger partial charge in [-0.1, -0.05) is 17.7 Å². The zero-order valence-electron chi connectivity index (χ0n) is 9.67. The minimum atomic E-state index is -0.238. The molecular formula is C13H18N2. The second-order valence-corrected chi connectivity index (χ2v) is 4.54. The fourth-order valence-corrected chi connectivity index (χ4v) is 1.25. The molecule has 1 aromatic carbocycles. The predicted octanol–water partition coefficient (Wildman–Crippen LogP) is 3.35. The van der Waals surface area contributed by atoms with E-state index in [4.69, 9.17) is 5.26 Å². The zero-order chi connectivity index (χ0) is 11.3. The lowest BCUT2D eigenvalue weighted by Gasteiger charge is -2.15. The van der Waals surface area contributed by atoms with Crippen molar-refractivity contribution in [1.29, 1.82) is 5.26 Å². The highest BCUT2D eigenvalue weighted by Crippen LogP contribution is 2.18. The summed E-state index contributed by atoms with van der Waals surface area (Å²) in [4.78, 5) is 0. The minimum Gasteiger partial charge on any atom is -0.385 e. The Labute approximate surface area is 91.9 Å². The van der Waals surface area contributed by atoms with E-state index in [9.17, 15) is 0 Å². The number of rotatable bonds is 4. The van der Waals surface area contributed by atoms with Crippen LogP contribution in [0.5, 0.6) is 0 Å². The van der Waals surface area contributed by atoms with Crippen LogP contribution in [0.25, 0.3) is 0 Å². The summed E-state index contributed by atoms with van der Waals surface area (Å²) >= 11 is 0. The fraction of sp³-hybridized carbons (Fsp3) is 0.462. The number of hydrogen-bond acceptors (Lipinski definition) is 2. The Bertz CT molecular complexity index is 344. The topological polar surface area (TPSA) is 35.8 Å². The van der Waals surface area contributed by atoms with Crippen molar-refractivity contribution < 1.29 is 0 Å². The molecule has 0 bridgehead atoms. The van der Waals surface area contributed by atoms with Gasteiger partial charge in [-0.2, -0.15) is 5.26 Å². The van der Waals surface area contributed by atoms with E-state index >= 15 is 0 Å². The molecule has 0 saturated carbocycles. The van der Waals surface area contributed by atoms with Gasteiger partial charge in [0.15, 0.2) is 0 Å². The Balaban J connectivity index is 2.39. The van der Waals surface area contributed by atoms with E-state index in [1.807, 2.05) is 13.8 Å². The van der Waals surface area contributed by atoms with Gasteiger partial charge in [0.2, 0.25) is 0 Å². The Morgan fingerprint density at radius 3 is 2.40 bits per heavy atom. The molecule has 0 spiro atoms. The Hall–Kier alpha value is -1.49. The van der Waals surface area contributed by atoms with E-state index in [1.165, 1.54) is 5.56 Å². The minimum absolute atomic E-state index is 0.238. The first-order valence-corrected chi connectivity index (χ1v) is 5.25. The summed E-state index contributed by atoms with van der Waals surface area (Å²) in [5.74, 6) is 0. The van der Waals surface area contributed by atoms with Crippen molar-refractivity contribution in [3.05, 3.63) is 29.8 Å². The summed E-state index contributed by atoms with van der Waals surface area (Å²) in [6.45, 7) is 6.83. The van der Waals surface area contributed by atoms with Crippen molar-refractivity contribution in [3.8, 4) is 6.07 Å². The lowest BCUT2D eigenvalue weighted by molar-refractivity contribution is 0.466. The van der Waals surface area contributed by atoms with Gasteiger partial charge in [0.05, 0.1) is 11.5 Å². The quantitative estimate of drug-likeness (QED) is 0.812. The molecule has 2 nitrogen and oxygen atoms in total. The number of hydrogen-bond donors (Lipinski definition) is 1. The van der Waals surface area contributed by atoms with Crippen LogP contribution >= 0.6 is 0 Å². The SMILES string of the molecule is Cc1ccc(NCCC(C)(C)C#N)cc1. The number of nitriles is 1. The molecule has 0 atom stereocenters. The Kier molecular flexibility index (Phi) is 3.74. The molecule has 1 N–H and O–H groups in total. The molecule has 1 rings (SSSR count). The molecular weight excluding hydrogens is 184 g/mol. The van der Waals surface area contributed by atoms with Gasteiger partial charge in [-0.25, -0.2) is 0 Å². The highest BCUT2D eigenvalue weighted by atomic mass is 14.9. The summed E-state index contributed by atoms with van der Waals surface area (Å²) < 4.78 is 0. The molecule has 0 heterocycles. The molecule has 15 heavy (non-hydrogen) atoms. The standard InChI is InChI=1S/C13H18N2/c1-11-4-6-12(7-5-11)15-9-8-13(2,3)10-14/h4-7,15H,8-9H2,1-3H3. The molecule has 1 aromatic rings. The van der Waals surface area contributed by atoms with Crippen molar-refractivity contribution in [1.82, 2.24) is 0 Å². The maximum Gasteiger partial charge on any atom is 0.0684 e. The molecule has 0 fully saturated rings. The van der Waals surface area contributed by atoms with E-state index in [1.54, 1.807) is 0 Å². The lowest BCUT2D eigenvalue weighted by Crippen LogP contribution is -2.14. The fourth-order valence-electron chi connectivity index (χ4n) is 1.25.